The number of rotatable bonds is 4. The molecule has 0 atom stereocenters. The van der Waals surface area contributed by atoms with Gasteiger partial charge in [-0.3, -0.25) is 0 Å². The van der Waals surface area contributed by atoms with E-state index in [0.29, 0.717) is 6.10 Å². The van der Waals surface area contributed by atoms with Crippen molar-refractivity contribution in [1.29, 1.82) is 0 Å². The molecular formula is C5H11AlClO. The Kier molecular flexibility index (Phi) is 6.49. The molecule has 0 spiro atoms. The molecule has 0 saturated heterocycles. The average molecular weight is 150 g/mol. The lowest BCUT2D eigenvalue weighted by Crippen LogP contribution is -2.06. The predicted molar refractivity (Wildman–Crippen MR) is 37.5 cm³/mol. The number of hydrogen-bond acceptors (Lipinski definition) is 1. The minimum atomic E-state index is 0.156. The second kappa shape index (κ2) is 5.91. The van der Waals surface area contributed by atoms with Gasteiger partial charge in [-0.25, -0.2) is 0 Å². The van der Waals surface area contributed by atoms with Gasteiger partial charge in [-0.2, -0.15) is 0 Å². The van der Waals surface area contributed by atoms with Crippen LogP contribution in [0.15, 0.2) is 0 Å². The Morgan fingerprint density at radius 1 is 1.62 bits per heavy atom. The molecule has 0 rings (SSSR count). The van der Waals surface area contributed by atoms with Crippen molar-refractivity contribution < 1.29 is 3.79 Å². The van der Waals surface area contributed by atoms with Crippen molar-refractivity contribution in [3.63, 3.8) is 0 Å². The molecule has 0 aromatic heterocycles. The fraction of sp³-hybridized carbons (Fsp3) is 1.00. The molecule has 8 heavy (non-hydrogen) atoms. The van der Waals surface area contributed by atoms with Gasteiger partial charge >= 0.3 is 15.6 Å². The lowest BCUT2D eigenvalue weighted by Gasteiger charge is -2.04. The van der Waals surface area contributed by atoms with Gasteiger partial charge in [0.05, 0.1) is 0 Å². The van der Waals surface area contributed by atoms with E-state index in [9.17, 15) is 0 Å². The van der Waals surface area contributed by atoms with Gasteiger partial charge in [-0.15, -0.1) is 11.6 Å². The van der Waals surface area contributed by atoms with E-state index in [1.54, 1.807) is 0 Å². The Bertz CT molecular complexity index is 49.7. The van der Waals surface area contributed by atoms with Crippen LogP contribution in [0.2, 0.25) is 5.28 Å². The van der Waals surface area contributed by atoms with E-state index < -0.39 is 0 Å². The molecular weight excluding hydrogens is 138 g/mol. The highest BCUT2D eigenvalue weighted by Crippen LogP contribution is 1.89. The van der Waals surface area contributed by atoms with Crippen molar-refractivity contribution >= 4 is 27.2 Å². The second-order valence-corrected chi connectivity index (χ2v) is 3.39. The molecule has 0 N–H and O–H groups in total. The number of hydrogen-bond donors (Lipinski definition) is 0. The van der Waals surface area contributed by atoms with Crippen molar-refractivity contribution in [3.8, 4) is 0 Å². The molecule has 0 unspecified atom stereocenters. The Hall–Kier alpha value is 0.782. The molecule has 0 aliphatic carbocycles. The highest BCUT2D eigenvalue weighted by Gasteiger charge is 1.94. The molecule has 0 fully saturated rings. The summed E-state index contributed by atoms with van der Waals surface area (Å²) in [7, 11) is 0. The Balaban J connectivity index is 2.72. The smallest absolute Gasteiger partial charge is 0.424 e. The van der Waals surface area contributed by atoms with Crippen molar-refractivity contribution in [3.05, 3.63) is 0 Å². The zero-order valence-corrected chi connectivity index (χ0v) is 7.27. The van der Waals surface area contributed by atoms with Crippen molar-refractivity contribution in [2.45, 2.75) is 25.2 Å². The molecule has 47 valence electrons. The maximum Gasteiger partial charge on any atom is 0.424 e. The van der Waals surface area contributed by atoms with E-state index in [1.807, 2.05) is 13.8 Å². The summed E-state index contributed by atoms with van der Waals surface area (Å²) in [5, 5.41) is 1.04. The maximum absolute atomic E-state index is 5.43. The topological polar surface area (TPSA) is 9.23 Å². The quantitative estimate of drug-likeness (QED) is 0.336. The van der Waals surface area contributed by atoms with Crippen LogP contribution < -0.4 is 0 Å². The standard InChI is InChI=1S/C3H7O.C2H4Cl.Al/c1-3(2)4;1-2-3;/h3H,1-2H3;1-2H2;/q-1;;+1. The molecule has 0 saturated carbocycles. The third-order valence-electron chi connectivity index (χ3n) is 0.595. The fourth-order valence-electron chi connectivity index (χ4n) is 0.305. The summed E-state index contributed by atoms with van der Waals surface area (Å²) in [6.45, 7) is 4.09. The first-order valence-electron chi connectivity index (χ1n) is 2.80. The molecule has 0 aliphatic heterocycles. The van der Waals surface area contributed by atoms with Gasteiger partial charge < -0.3 is 3.79 Å². The van der Waals surface area contributed by atoms with Crippen LogP contribution in [0, 0.1) is 0 Å². The predicted octanol–water partition coefficient (Wildman–Crippen LogP) is 1.69. The molecule has 1 radical (unpaired) electrons. The van der Waals surface area contributed by atoms with Gasteiger partial charge in [0, 0.05) is 12.0 Å². The third-order valence-corrected chi connectivity index (χ3v) is 2.44. The second-order valence-electron chi connectivity index (χ2n) is 1.83. The highest BCUT2D eigenvalue weighted by atomic mass is 35.5. The summed E-state index contributed by atoms with van der Waals surface area (Å²) in [4.78, 5) is 0. The number of halogens is 1. The average Bonchev–Trinajstić information content (AvgIpc) is 1.66. The zero-order chi connectivity index (χ0) is 6.41. The van der Waals surface area contributed by atoms with Crippen LogP contribution in [0.25, 0.3) is 0 Å². The Morgan fingerprint density at radius 3 is 2.62 bits per heavy atom. The van der Waals surface area contributed by atoms with E-state index in [4.69, 9.17) is 15.4 Å². The van der Waals surface area contributed by atoms with Crippen molar-refractivity contribution in [1.82, 2.24) is 0 Å². The van der Waals surface area contributed by atoms with Crippen LogP contribution in [-0.2, 0) is 3.79 Å². The molecule has 1 nitrogen and oxygen atoms in total. The van der Waals surface area contributed by atoms with Gasteiger partial charge in [0.15, 0.2) is 0 Å². The monoisotopic (exact) mass is 149 g/mol. The van der Waals surface area contributed by atoms with E-state index in [1.165, 1.54) is 0 Å². The van der Waals surface area contributed by atoms with E-state index >= 15 is 0 Å². The third kappa shape index (κ3) is 6.78. The van der Waals surface area contributed by atoms with Crippen LogP contribution in [0.1, 0.15) is 13.8 Å². The molecule has 0 amide bonds. The first-order chi connectivity index (χ1) is 3.77. The molecule has 0 bridgehead atoms. The summed E-state index contributed by atoms with van der Waals surface area (Å²) in [6.07, 6.45) is 0.383. The Morgan fingerprint density at radius 2 is 2.25 bits per heavy atom. The minimum Gasteiger partial charge on any atom is -0.505 e. The van der Waals surface area contributed by atoms with Crippen LogP contribution >= 0.6 is 11.6 Å². The van der Waals surface area contributed by atoms with Gasteiger partial charge in [0.1, 0.15) is 0 Å². The lowest BCUT2D eigenvalue weighted by atomic mass is 10.5. The summed E-state index contributed by atoms with van der Waals surface area (Å²) in [5.74, 6) is 0.738. The van der Waals surface area contributed by atoms with Gasteiger partial charge in [0.25, 0.3) is 0 Å². The molecule has 3 heteroatoms. The van der Waals surface area contributed by atoms with Crippen LogP contribution in [0.3, 0.4) is 0 Å². The molecule has 0 aromatic carbocycles. The fourth-order valence-corrected chi connectivity index (χ4v) is 1.18. The summed E-state index contributed by atoms with van der Waals surface area (Å²) in [5.41, 5.74) is 0. The van der Waals surface area contributed by atoms with Gasteiger partial charge in [-0.05, 0) is 13.8 Å². The molecule has 0 aromatic rings. The first kappa shape index (κ1) is 8.78. The van der Waals surface area contributed by atoms with Crippen LogP contribution in [0.5, 0.6) is 0 Å². The van der Waals surface area contributed by atoms with E-state index in [0.717, 1.165) is 11.2 Å². The zero-order valence-electron chi connectivity index (χ0n) is 5.36. The Labute approximate surface area is 62.4 Å². The van der Waals surface area contributed by atoms with E-state index in [2.05, 4.69) is 0 Å². The largest absolute Gasteiger partial charge is 0.505 e. The SMILES string of the molecule is CC(C)[O][Al][CH2]CCl. The summed E-state index contributed by atoms with van der Waals surface area (Å²) in [6, 6.07) is 0. The van der Waals surface area contributed by atoms with Crippen molar-refractivity contribution in [2.24, 2.45) is 0 Å². The maximum atomic E-state index is 5.43. The van der Waals surface area contributed by atoms with E-state index in [-0.39, 0.29) is 15.6 Å². The summed E-state index contributed by atoms with van der Waals surface area (Å²) >= 11 is 5.58. The van der Waals surface area contributed by atoms with Crippen LogP contribution in [-0.4, -0.2) is 27.5 Å². The summed E-state index contributed by atoms with van der Waals surface area (Å²) < 4.78 is 5.28. The normalized spacial score (nSPS) is 10.0. The molecule has 0 aliphatic rings. The minimum absolute atomic E-state index is 0.156. The molecule has 0 heterocycles. The number of alkyl halides is 1. The lowest BCUT2D eigenvalue weighted by molar-refractivity contribution is 0.256. The van der Waals surface area contributed by atoms with Gasteiger partial charge in [-0.1, -0.05) is 5.28 Å². The highest BCUT2D eigenvalue weighted by molar-refractivity contribution is 6.31. The van der Waals surface area contributed by atoms with Crippen molar-refractivity contribution in [2.75, 3.05) is 5.88 Å². The first-order valence-corrected chi connectivity index (χ1v) is 4.62. The van der Waals surface area contributed by atoms with Gasteiger partial charge in [0.2, 0.25) is 0 Å². The van der Waals surface area contributed by atoms with Crippen LogP contribution in [0.4, 0.5) is 0 Å².